The van der Waals surface area contributed by atoms with E-state index < -0.39 is 0 Å². The zero-order valence-electron chi connectivity index (χ0n) is 21.1. The average Bonchev–Trinajstić information content (AvgIpc) is 2.77. The highest BCUT2D eigenvalue weighted by molar-refractivity contribution is 6.13. The average molecular weight is 444 g/mol. The van der Waals surface area contributed by atoms with Crippen molar-refractivity contribution in [1.29, 1.82) is 5.26 Å². The zero-order valence-corrected chi connectivity index (χ0v) is 21.1. The van der Waals surface area contributed by atoms with Crippen LogP contribution in [0, 0.1) is 17.2 Å². The molecule has 6 rings (SSSR count). The Hall–Kier alpha value is -3.11. The number of hydrogen-bond donors (Lipinski definition) is 0. The van der Waals surface area contributed by atoms with Gasteiger partial charge in [0.15, 0.2) is 0 Å². The molecule has 2 aliphatic rings. The molecular formula is C33H33N. The van der Waals surface area contributed by atoms with Crippen LogP contribution >= 0.6 is 0 Å². The minimum atomic E-state index is -0.00693. The Bertz CT molecular complexity index is 1490. The Morgan fingerprint density at radius 3 is 1.59 bits per heavy atom. The molecule has 0 unspecified atom stereocenters. The highest BCUT2D eigenvalue weighted by atomic mass is 14.6. The van der Waals surface area contributed by atoms with Crippen LogP contribution in [0.2, 0.25) is 0 Å². The van der Waals surface area contributed by atoms with Gasteiger partial charge in [0.25, 0.3) is 0 Å². The highest BCUT2D eigenvalue weighted by Crippen LogP contribution is 2.66. The number of nitrogens with zero attached hydrogens (tertiary/aromatic N) is 1. The van der Waals surface area contributed by atoms with Crippen molar-refractivity contribution in [1.82, 2.24) is 0 Å². The van der Waals surface area contributed by atoms with E-state index in [1.165, 1.54) is 49.4 Å². The summed E-state index contributed by atoms with van der Waals surface area (Å²) in [6.45, 7) is 13.8. The van der Waals surface area contributed by atoms with Crippen molar-refractivity contribution >= 4 is 21.5 Å². The van der Waals surface area contributed by atoms with Crippen molar-refractivity contribution in [3.63, 3.8) is 0 Å². The summed E-state index contributed by atoms with van der Waals surface area (Å²) in [5.41, 5.74) is 7.04. The molecule has 4 aromatic carbocycles. The zero-order chi connectivity index (χ0) is 24.0. The van der Waals surface area contributed by atoms with Crippen LogP contribution in [0.1, 0.15) is 87.1 Å². The first-order valence-corrected chi connectivity index (χ1v) is 12.6. The Labute approximate surface area is 203 Å². The Balaban J connectivity index is 1.72. The number of rotatable bonds is 1. The quantitative estimate of drug-likeness (QED) is 0.270. The van der Waals surface area contributed by atoms with Gasteiger partial charge in [0, 0.05) is 17.8 Å². The van der Waals surface area contributed by atoms with Crippen LogP contribution in [-0.2, 0) is 10.8 Å². The van der Waals surface area contributed by atoms with Gasteiger partial charge >= 0.3 is 0 Å². The lowest BCUT2D eigenvalue weighted by molar-refractivity contribution is 0.210. The van der Waals surface area contributed by atoms with E-state index in [1.54, 1.807) is 0 Å². The predicted molar refractivity (Wildman–Crippen MR) is 143 cm³/mol. The molecule has 170 valence electrons. The lowest BCUT2D eigenvalue weighted by atomic mass is 9.48. The summed E-state index contributed by atoms with van der Waals surface area (Å²) in [7, 11) is 0. The summed E-state index contributed by atoms with van der Waals surface area (Å²) < 4.78 is 0. The maximum atomic E-state index is 10.4. The van der Waals surface area contributed by atoms with E-state index >= 15 is 0 Å². The molecule has 1 nitrogen and oxygen atoms in total. The molecular weight excluding hydrogens is 410 g/mol. The van der Waals surface area contributed by atoms with E-state index in [0.29, 0.717) is 5.92 Å². The predicted octanol–water partition coefficient (Wildman–Crippen LogP) is 8.71. The summed E-state index contributed by atoms with van der Waals surface area (Å²) in [6, 6.07) is 27.8. The second-order valence-electron chi connectivity index (χ2n) is 12.5. The third kappa shape index (κ3) is 2.91. The van der Waals surface area contributed by atoms with E-state index in [-0.39, 0.29) is 28.6 Å². The van der Waals surface area contributed by atoms with E-state index in [0.717, 1.165) is 0 Å². The van der Waals surface area contributed by atoms with Crippen LogP contribution in [-0.4, -0.2) is 0 Å². The first-order valence-electron chi connectivity index (χ1n) is 12.6. The fraction of sp³-hybridized carbons (Fsp3) is 0.364. The molecule has 0 saturated heterocycles. The monoisotopic (exact) mass is 443 g/mol. The lowest BCUT2D eigenvalue weighted by Crippen LogP contribution is -2.42. The van der Waals surface area contributed by atoms with Crippen LogP contribution < -0.4 is 0 Å². The minimum Gasteiger partial charge on any atom is -0.198 e. The molecule has 34 heavy (non-hydrogen) atoms. The maximum Gasteiger partial charge on any atom is 0.0669 e. The summed E-state index contributed by atoms with van der Waals surface area (Å²) in [6.07, 6.45) is 0. The van der Waals surface area contributed by atoms with E-state index in [9.17, 15) is 5.26 Å². The molecule has 0 heterocycles. The number of nitriles is 1. The number of hydrogen-bond acceptors (Lipinski definition) is 1. The molecule has 0 aromatic heterocycles. The van der Waals surface area contributed by atoms with Crippen LogP contribution in [0.15, 0.2) is 66.7 Å². The van der Waals surface area contributed by atoms with Gasteiger partial charge in [-0.1, -0.05) is 108 Å². The fourth-order valence-corrected chi connectivity index (χ4v) is 6.56. The van der Waals surface area contributed by atoms with Crippen molar-refractivity contribution in [2.75, 3.05) is 0 Å². The largest absolute Gasteiger partial charge is 0.198 e. The molecule has 1 saturated carbocycles. The van der Waals surface area contributed by atoms with Crippen molar-refractivity contribution in [3.05, 3.63) is 94.5 Å². The number of benzene rings is 4. The molecule has 0 bridgehead atoms. The lowest BCUT2D eigenvalue weighted by Gasteiger charge is -2.53. The molecule has 1 fully saturated rings. The van der Waals surface area contributed by atoms with Crippen molar-refractivity contribution in [2.24, 2.45) is 5.92 Å². The fourth-order valence-electron chi connectivity index (χ4n) is 6.56. The Morgan fingerprint density at radius 2 is 1.12 bits per heavy atom. The van der Waals surface area contributed by atoms with E-state index in [4.69, 9.17) is 0 Å². The highest BCUT2D eigenvalue weighted by Gasteiger charge is 2.55. The third-order valence-electron chi connectivity index (χ3n) is 8.42. The summed E-state index contributed by atoms with van der Waals surface area (Å²) in [5.74, 6) is 0.808. The molecule has 0 N–H and O–H groups in total. The maximum absolute atomic E-state index is 10.4. The second-order valence-corrected chi connectivity index (χ2v) is 12.5. The topological polar surface area (TPSA) is 23.8 Å². The van der Waals surface area contributed by atoms with Crippen LogP contribution in [0.5, 0.6) is 0 Å². The van der Waals surface area contributed by atoms with Gasteiger partial charge < -0.3 is 0 Å². The van der Waals surface area contributed by atoms with Crippen LogP contribution in [0.3, 0.4) is 0 Å². The van der Waals surface area contributed by atoms with Gasteiger partial charge in [-0.25, -0.2) is 0 Å². The van der Waals surface area contributed by atoms with Crippen molar-refractivity contribution < 1.29 is 0 Å². The second kappa shape index (κ2) is 6.96. The Kier molecular flexibility index (Phi) is 4.38. The third-order valence-corrected chi connectivity index (χ3v) is 8.42. The molecule has 0 spiro atoms. The smallest absolute Gasteiger partial charge is 0.0669 e. The molecule has 0 radical (unpaired) electrons. The van der Waals surface area contributed by atoms with Gasteiger partial charge in [-0.2, -0.15) is 5.26 Å². The molecule has 2 aliphatic carbocycles. The van der Waals surface area contributed by atoms with Gasteiger partial charge in [0.05, 0.1) is 12.0 Å². The molecule has 0 amide bonds. The number of fused-ring (bicyclic) bond motifs is 3. The molecule has 4 atom stereocenters. The summed E-state index contributed by atoms with van der Waals surface area (Å²) in [4.78, 5) is 0. The molecule has 4 aromatic rings. The van der Waals surface area contributed by atoms with Gasteiger partial charge in [-0.15, -0.1) is 0 Å². The SMILES string of the molecule is CC(C)(C)c1cc2c3c(ccc4cc(C(C)(C)C)cc(c43)[C@@H]3[C@H](C#N)[C@@H](c4ccccc4)[C@H]23)c1. The van der Waals surface area contributed by atoms with E-state index in [1.807, 2.05) is 0 Å². The van der Waals surface area contributed by atoms with Gasteiger partial charge in [0.1, 0.15) is 0 Å². The molecule has 0 aliphatic heterocycles. The summed E-state index contributed by atoms with van der Waals surface area (Å²) >= 11 is 0. The minimum absolute atomic E-state index is 0.00693. The van der Waals surface area contributed by atoms with Crippen molar-refractivity contribution in [2.45, 2.75) is 70.1 Å². The van der Waals surface area contributed by atoms with Gasteiger partial charge in [0.2, 0.25) is 0 Å². The van der Waals surface area contributed by atoms with Gasteiger partial charge in [-0.3, -0.25) is 0 Å². The first kappa shape index (κ1) is 21.4. The van der Waals surface area contributed by atoms with Crippen molar-refractivity contribution in [3.8, 4) is 6.07 Å². The summed E-state index contributed by atoms with van der Waals surface area (Å²) in [5, 5.41) is 15.9. The van der Waals surface area contributed by atoms with Crippen LogP contribution in [0.4, 0.5) is 0 Å². The van der Waals surface area contributed by atoms with Gasteiger partial charge in [-0.05, 0) is 60.2 Å². The Morgan fingerprint density at radius 1 is 0.618 bits per heavy atom. The molecule has 1 heteroatoms. The van der Waals surface area contributed by atoms with Crippen LogP contribution in [0.25, 0.3) is 21.5 Å². The normalized spacial score (nSPS) is 23.6. The standard InChI is InChI=1S/C33H33N/c1-32(2,3)22-14-20-12-13-21-15-23(33(4,5)6)17-25-29(21)28(20)24(16-22)30-26(18-34)27(31(25)30)19-10-8-7-9-11-19/h7-17,26-27,30-31H,1-6H3/t26-,27-,30-,31+/m1/s1. The first-order chi connectivity index (χ1) is 16.1. The van der Waals surface area contributed by atoms with E-state index in [2.05, 4.69) is 114 Å².